The number of nitro benzene ring substituents is 1. The van der Waals surface area contributed by atoms with Crippen LogP contribution in [0.3, 0.4) is 0 Å². The van der Waals surface area contributed by atoms with Gasteiger partial charge in [0.1, 0.15) is 11.5 Å². The first kappa shape index (κ1) is 20.8. The Hall–Kier alpha value is -4.46. The number of phenols is 1. The first-order valence-electron chi connectivity index (χ1n) is 9.69. The Kier molecular flexibility index (Phi) is 5.19. The van der Waals surface area contributed by atoms with Crippen LogP contribution >= 0.6 is 0 Å². The number of aliphatic hydroxyl groups is 1. The molecule has 1 amide bonds. The van der Waals surface area contributed by atoms with Gasteiger partial charge in [-0.2, -0.15) is 0 Å². The fraction of sp³-hybridized carbons (Fsp3) is 0.0833. The number of anilines is 1. The third-order valence-corrected chi connectivity index (χ3v) is 5.32. The SMILES string of the molecule is Cc1ccc(/C(O)=C2\C(=O)C(=O)N(c3ccc(O)cc3)C2c2ccc([N+](=O)[O-])cc2)cc1. The van der Waals surface area contributed by atoms with Gasteiger partial charge in [-0.25, -0.2) is 0 Å². The number of hydrogen-bond acceptors (Lipinski definition) is 6. The zero-order chi connectivity index (χ0) is 23.0. The zero-order valence-electron chi connectivity index (χ0n) is 16.9. The smallest absolute Gasteiger partial charge is 0.300 e. The minimum Gasteiger partial charge on any atom is -0.508 e. The van der Waals surface area contributed by atoms with Gasteiger partial charge < -0.3 is 10.2 Å². The second kappa shape index (κ2) is 7.99. The Morgan fingerprint density at radius 3 is 2.09 bits per heavy atom. The van der Waals surface area contributed by atoms with E-state index in [1.807, 2.05) is 6.92 Å². The van der Waals surface area contributed by atoms with Gasteiger partial charge in [-0.3, -0.25) is 24.6 Å². The van der Waals surface area contributed by atoms with Crippen LogP contribution in [0.1, 0.15) is 22.7 Å². The number of aryl methyl sites for hydroxylation is 1. The number of rotatable bonds is 4. The lowest BCUT2D eigenvalue weighted by Gasteiger charge is -2.25. The van der Waals surface area contributed by atoms with Crippen molar-refractivity contribution in [1.82, 2.24) is 0 Å². The van der Waals surface area contributed by atoms with Gasteiger partial charge in [0, 0.05) is 23.4 Å². The van der Waals surface area contributed by atoms with Gasteiger partial charge in [-0.15, -0.1) is 0 Å². The van der Waals surface area contributed by atoms with Crippen LogP contribution in [-0.4, -0.2) is 26.8 Å². The molecule has 2 N–H and O–H groups in total. The number of ketones is 1. The van der Waals surface area contributed by atoms with Gasteiger partial charge in [-0.1, -0.05) is 29.8 Å². The second-order valence-electron chi connectivity index (χ2n) is 7.40. The lowest BCUT2D eigenvalue weighted by Crippen LogP contribution is -2.29. The van der Waals surface area contributed by atoms with Crippen molar-refractivity contribution in [2.75, 3.05) is 4.90 Å². The van der Waals surface area contributed by atoms with E-state index in [0.717, 1.165) is 5.56 Å². The lowest BCUT2D eigenvalue weighted by atomic mass is 9.94. The number of benzene rings is 3. The highest BCUT2D eigenvalue weighted by Gasteiger charge is 2.47. The molecule has 1 heterocycles. The Labute approximate surface area is 182 Å². The predicted molar refractivity (Wildman–Crippen MR) is 117 cm³/mol. The van der Waals surface area contributed by atoms with Gasteiger partial charge in [0.15, 0.2) is 0 Å². The first-order chi connectivity index (χ1) is 15.3. The Morgan fingerprint density at radius 2 is 1.53 bits per heavy atom. The number of amides is 1. The third-order valence-electron chi connectivity index (χ3n) is 5.32. The van der Waals surface area contributed by atoms with Crippen molar-refractivity contribution in [2.45, 2.75) is 13.0 Å². The molecule has 32 heavy (non-hydrogen) atoms. The van der Waals surface area contributed by atoms with Gasteiger partial charge in [0.2, 0.25) is 0 Å². The molecule has 0 spiro atoms. The van der Waals surface area contributed by atoms with Crippen LogP contribution in [0.15, 0.2) is 78.4 Å². The molecule has 0 radical (unpaired) electrons. The molecular formula is C24H18N2O6. The number of carbonyl (C=O) groups is 2. The molecule has 8 nitrogen and oxygen atoms in total. The van der Waals surface area contributed by atoms with Crippen molar-refractivity contribution in [2.24, 2.45) is 0 Å². The highest BCUT2D eigenvalue weighted by molar-refractivity contribution is 6.51. The summed E-state index contributed by atoms with van der Waals surface area (Å²) < 4.78 is 0. The fourth-order valence-corrected chi connectivity index (χ4v) is 3.67. The van der Waals surface area contributed by atoms with Crippen LogP contribution in [0.4, 0.5) is 11.4 Å². The van der Waals surface area contributed by atoms with E-state index in [-0.39, 0.29) is 22.8 Å². The summed E-state index contributed by atoms with van der Waals surface area (Å²) in [7, 11) is 0. The van der Waals surface area contributed by atoms with Crippen LogP contribution in [0.2, 0.25) is 0 Å². The number of non-ortho nitro benzene ring substituents is 1. The second-order valence-corrected chi connectivity index (χ2v) is 7.40. The highest BCUT2D eigenvalue weighted by atomic mass is 16.6. The number of nitrogens with zero attached hydrogens (tertiary/aromatic N) is 2. The van der Waals surface area contributed by atoms with Crippen molar-refractivity contribution in [3.8, 4) is 5.75 Å². The van der Waals surface area contributed by atoms with Crippen molar-refractivity contribution in [3.05, 3.63) is 105 Å². The summed E-state index contributed by atoms with van der Waals surface area (Å²) >= 11 is 0. The van der Waals surface area contributed by atoms with E-state index < -0.39 is 22.7 Å². The molecule has 3 aromatic rings. The summed E-state index contributed by atoms with van der Waals surface area (Å²) in [4.78, 5) is 37.8. The summed E-state index contributed by atoms with van der Waals surface area (Å²) in [6.07, 6.45) is 0. The van der Waals surface area contributed by atoms with Crippen molar-refractivity contribution in [3.63, 3.8) is 0 Å². The lowest BCUT2D eigenvalue weighted by molar-refractivity contribution is -0.384. The van der Waals surface area contributed by atoms with Crippen LogP contribution in [0.5, 0.6) is 5.75 Å². The normalized spacial score (nSPS) is 17.5. The molecule has 0 bridgehead atoms. The monoisotopic (exact) mass is 430 g/mol. The summed E-state index contributed by atoms with van der Waals surface area (Å²) in [6.45, 7) is 1.88. The topological polar surface area (TPSA) is 121 Å². The minimum atomic E-state index is -1.01. The molecule has 160 valence electrons. The van der Waals surface area contributed by atoms with Gasteiger partial charge in [-0.05, 0) is 48.9 Å². The molecule has 4 rings (SSSR count). The molecule has 1 aliphatic rings. The summed E-state index contributed by atoms with van der Waals surface area (Å²) in [5.74, 6) is -2.09. The number of nitro groups is 1. The standard InChI is InChI=1S/C24H18N2O6/c1-14-2-4-16(5-3-14)22(28)20-21(15-6-8-18(9-7-15)26(31)32)25(24(30)23(20)29)17-10-12-19(27)13-11-17/h2-13,21,27-28H,1H3/b22-20+. The molecule has 8 heteroatoms. The molecule has 0 aromatic heterocycles. The quantitative estimate of drug-likeness (QED) is 0.210. The fourth-order valence-electron chi connectivity index (χ4n) is 3.67. The van der Waals surface area contributed by atoms with Crippen molar-refractivity contribution < 1.29 is 24.7 Å². The predicted octanol–water partition coefficient (Wildman–Crippen LogP) is 4.24. The Bertz CT molecular complexity index is 1250. The molecule has 3 aromatic carbocycles. The largest absolute Gasteiger partial charge is 0.508 e. The number of hydrogen-bond donors (Lipinski definition) is 2. The van der Waals surface area contributed by atoms with E-state index in [2.05, 4.69) is 0 Å². The highest BCUT2D eigenvalue weighted by Crippen LogP contribution is 2.42. The van der Waals surface area contributed by atoms with E-state index in [0.29, 0.717) is 16.8 Å². The van der Waals surface area contributed by atoms with Gasteiger partial charge in [0.25, 0.3) is 17.4 Å². The van der Waals surface area contributed by atoms with Crippen LogP contribution in [-0.2, 0) is 9.59 Å². The average molecular weight is 430 g/mol. The van der Waals surface area contributed by atoms with E-state index in [1.165, 1.54) is 53.4 Å². The van der Waals surface area contributed by atoms with E-state index in [9.17, 15) is 29.9 Å². The van der Waals surface area contributed by atoms with Gasteiger partial charge in [0.05, 0.1) is 16.5 Å². The maximum absolute atomic E-state index is 13.0. The number of carbonyl (C=O) groups excluding carboxylic acids is 2. The maximum atomic E-state index is 13.0. The molecule has 0 saturated carbocycles. The van der Waals surface area contributed by atoms with E-state index >= 15 is 0 Å². The average Bonchev–Trinajstić information content (AvgIpc) is 3.05. The summed E-state index contributed by atoms with van der Waals surface area (Å²) in [6, 6.07) is 17.0. The zero-order valence-corrected chi connectivity index (χ0v) is 16.9. The molecular weight excluding hydrogens is 412 g/mol. The van der Waals surface area contributed by atoms with Crippen molar-refractivity contribution >= 4 is 28.8 Å². The molecule has 1 aliphatic heterocycles. The van der Waals surface area contributed by atoms with E-state index in [4.69, 9.17) is 0 Å². The summed E-state index contributed by atoms with van der Waals surface area (Å²) in [5.41, 5.74) is 1.80. The number of aliphatic hydroxyl groups excluding tert-OH is 1. The number of phenolic OH excluding ortho intramolecular Hbond substituents is 1. The Morgan fingerprint density at radius 1 is 0.938 bits per heavy atom. The Balaban J connectivity index is 1.92. The van der Waals surface area contributed by atoms with Gasteiger partial charge >= 0.3 is 0 Å². The molecule has 1 unspecified atom stereocenters. The number of aromatic hydroxyl groups is 1. The van der Waals surface area contributed by atoms with Crippen LogP contribution in [0, 0.1) is 17.0 Å². The van der Waals surface area contributed by atoms with Crippen molar-refractivity contribution in [1.29, 1.82) is 0 Å². The third kappa shape index (κ3) is 3.58. The van der Waals surface area contributed by atoms with Crippen LogP contribution in [0.25, 0.3) is 5.76 Å². The number of Topliss-reactive ketones (excluding diaryl/α,β-unsaturated/α-hetero) is 1. The molecule has 0 aliphatic carbocycles. The first-order valence-corrected chi connectivity index (χ1v) is 9.69. The van der Waals surface area contributed by atoms with E-state index in [1.54, 1.807) is 24.3 Å². The minimum absolute atomic E-state index is 0.0168. The van der Waals surface area contributed by atoms with Crippen LogP contribution < -0.4 is 4.90 Å². The molecule has 1 atom stereocenters. The molecule has 1 fully saturated rings. The summed E-state index contributed by atoms with van der Waals surface area (Å²) in [5, 5.41) is 31.7. The maximum Gasteiger partial charge on any atom is 0.300 e. The molecule has 1 saturated heterocycles.